The number of rotatable bonds is 9. The summed E-state index contributed by atoms with van der Waals surface area (Å²) in [7, 11) is 0. The lowest BCUT2D eigenvalue weighted by Crippen LogP contribution is -2.32. The van der Waals surface area contributed by atoms with E-state index in [2.05, 4.69) is 30.6 Å². The van der Waals surface area contributed by atoms with Crippen molar-refractivity contribution in [2.24, 2.45) is 0 Å². The zero-order valence-corrected chi connectivity index (χ0v) is 33.5. The van der Waals surface area contributed by atoms with E-state index in [9.17, 15) is 18.9 Å². The Labute approximate surface area is 353 Å². The van der Waals surface area contributed by atoms with E-state index in [4.69, 9.17) is 47.9 Å². The van der Waals surface area contributed by atoms with Crippen LogP contribution in [0, 0.1) is 21.7 Å². The van der Waals surface area contributed by atoms with Crippen LogP contribution in [-0.2, 0) is 9.47 Å². The van der Waals surface area contributed by atoms with Gasteiger partial charge in [0.15, 0.2) is 5.75 Å². The second kappa shape index (κ2) is 18.3. The van der Waals surface area contributed by atoms with Crippen LogP contribution in [-0.4, -0.2) is 61.5 Å². The highest BCUT2D eigenvalue weighted by Crippen LogP contribution is 2.39. The summed E-state index contributed by atoms with van der Waals surface area (Å²) in [5.74, 6) is 0.528. The van der Waals surface area contributed by atoms with E-state index >= 15 is 0 Å². The number of aromatic nitrogens is 4. The van der Waals surface area contributed by atoms with E-state index in [1.165, 1.54) is 67.4 Å². The minimum atomic E-state index is -0.552. The van der Waals surface area contributed by atoms with E-state index in [1.54, 1.807) is 12.1 Å². The van der Waals surface area contributed by atoms with Crippen LogP contribution in [0.1, 0.15) is 51.4 Å². The van der Waals surface area contributed by atoms with Gasteiger partial charge >= 0.3 is 5.69 Å². The van der Waals surface area contributed by atoms with Gasteiger partial charge in [-0.25, -0.2) is 28.7 Å². The molecule has 9 rings (SSSR count). The zero-order valence-electron chi connectivity index (χ0n) is 32.0. The Hall–Kier alpha value is -5.68. The lowest BCUT2D eigenvalue weighted by atomic mass is 10.1. The molecular weight excluding hydrogens is 821 g/mol. The van der Waals surface area contributed by atoms with Crippen molar-refractivity contribution in [1.82, 2.24) is 19.9 Å². The molecule has 0 aliphatic carbocycles. The Bertz CT molecular complexity index is 2430. The number of anilines is 5. The van der Waals surface area contributed by atoms with Crippen LogP contribution in [0.15, 0.2) is 85.6 Å². The fraction of sp³-hybridized carbons (Fsp3) is 0.333. The molecule has 0 spiro atoms. The lowest BCUT2D eigenvalue weighted by Gasteiger charge is -2.29. The number of nitro groups is 1. The lowest BCUT2D eigenvalue weighted by molar-refractivity contribution is -0.386. The Morgan fingerprint density at radius 1 is 0.717 bits per heavy atom. The zero-order chi connectivity index (χ0) is 41.8. The van der Waals surface area contributed by atoms with Crippen LogP contribution in [0.25, 0.3) is 10.9 Å². The Morgan fingerprint density at radius 2 is 1.30 bits per heavy atom. The molecule has 2 aromatic heterocycles. The van der Waals surface area contributed by atoms with Crippen LogP contribution in [0.3, 0.4) is 0 Å². The molecule has 4 saturated heterocycles. The number of halogens is 4. The average Bonchev–Trinajstić information content (AvgIpc) is 3.75. The third-order valence-electron chi connectivity index (χ3n) is 10.6. The fourth-order valence-electron chi connectivity index (χ4n) is 7.84. The molecule has 5 aromatic rings. The van der Waals surface area contributed by atoms with Crippen molar-refractivity contribution in [3.8, 4) is 11.5 Å². The molecule has 60 heavy (non-hydrogen) atoms. The first-order chi connectivity index (χ1) is 29.0. The number of nitrogens with two attached hydrogens (primary N) is 1. The van der Waals surface area contributed by atoms with Gasteiger partial charge < -0.3 is 35.3 Å². The molecule has 0 radical (unpaired) electrons. The van der Waals surface area contributed by atoms with Gasteiger partial charge in [-0.1, -0.05) is 23.2 Å². The Balaban J connectivity index is 0.000000167. The first-order valence-corrected chi connectivity index (χ1v) is 20.2. The quantitative estimate of drug-likeness (QED) is 0.0724. The van der Waals surface area contributed by atoms with E-state index in [1.807, 2.05) is 6.07 Å². The van der Waals surface area contributed by atoms with Crippen molar-refractivity contribution in [2.45, 2.75) is 88.0 Å². The van der Waals surface area contributed by atoms with Crippen LogP contribution in [0.4, 0.5) is 43.2 Å². The van der Waals surface area contributed by atoms with Gasteiger partial charge in [0.1, 0.15) is 53.9 Å². The number of hydrogen-bond acceptors (Lipinski definition) is 13. The maximum absolute atomic E-state index is 13.4. The first kappa shape index (κ1) is 41.1. The summed E-state index contributed by atoms with van der Waals surface area (Å²) in [6.07, 6.45) is 12.3. The molecule has 4 bridgehead atoms. The van der Waals surface area contributed by atoms with Gasteiger partial charge in [0.05, 0.1) is 50.6 Å². The molecule has 4 aliphatic heterocycles. The third kappa shape index (κ3) is 10.0. The molecule has 14 nitrogen and oxygen atoms in total. The molecule has 4 aliphatic rings. The molecule has 312 valence electrons. The minimum Gasteiger partial charge on any atom is -0.488 e. The molecule has 3 aromatic carbocycles. The second-order valence-corrected chi connectivity index (χ2v) is 15.7. The predicted octanol–water partition coefficient (Wildman–Crippen LogP) is 9.97. The Morgan fingerprint density at radius 3 is 1.88 bits per heavy atom. The van der Waals surface area contributed by atoms with Gasteiger partial charge in [-0.05, 0) is 74.2 Å². The third-order valence-corrected chi connectivity index (χ3v) is 11.2. The second-order valence-electron chi connectivity index (χ2n) is 14.9. The summed E-state index contributed by atoms with van der Waals surface area (Å²) in [5, 5.41) is 18.6. The molecule has 0 saturated carbocycles. The highest BCUT2D eigenvalue weighted by atomic mass is 35.5. The molecule has 4 atom stereocenters. The standard InChI is InChI=1S/C21H20ClFN4O4.C21H20ClFN4O2/c22-17-9-13(1-4-18(17)23)26-21-6-5-19(27(28)29)20(7-8-24-12-25-21)31-16-10-14-2-3-15(11-16)30-14;22-16-5-11(1-4-17(16)23)27-21-15-8-18(24)20(9-19(15)25-10-26-21)29-14-6-12-2-3-13(7-14)28-12/h1,4-9,12,14-16H,2-3,10-11H2,(H,24,25,26);1,4-5,8-10,12-14H,2-3,6-7,24H2,(H,25,26,27). The average molecular weight is 862 g/mol. The number of nitrogen functional groups attached to an aromatic ring is 1. The van der Waals surface area contributed by atoms with Gasteiger partial charge in [0.25, 0.3) is 0 Å². The smallest absolute Gasteiger partial charge is 0.311 e. The highest BCUT2D eigenvalue weighted by molar-refractivity contribution is 6.31. The highest BCUT2D eigenvalue weighted by Gasteiger charge is 2.37. The predicted molar refractivity (Wildman–Crippen MR) is 223 cm³/mol. The van der Waals surface area contributed by atoms with Crippen molar-refractivity contribution in [3.63, 3.8) is 0 Å². The van der Waals surface area contributed by atoms with Gasteiger partial charge in [-0.3, -0.25) is 10.1 Å². The van der Waals surface area contributed by atoms with Crippen LogP contribution in [0.5, 0.6) is 11.5 Å². The number of hydrogen-bond donors (Lipinski definition) is 3. The van der Waals surface area contributed by atoms with Gasteiger partial charge in [-0.15, -0.1) is 0 Å². The molecule has 4 fully saturated rings. The number of nitrogens with one attached hydrogen (secondary N) is 2. The van der Waals surface area contributed by atoms with Crippen LogP contribution >= 0.6 is 23.2 Å². The van der Waals surface area contributed by atoms with E-state index < -0.39 is 16.6 Å². The summed E-state index contributed by atoms with van der Waals surface area (Å²) in [5.41, 5.74) is 8.37. The van der Waals surface area contributed by atoms with E-state index in [0.29, 0.717) is 59.2 Å². The molecule has 4 N–H and O–H groups in total. The maximum Gasteiger partial charge on any atom is 0.311 e. The molecule has 4 unspecified atom stereocenters. The fourth-order valence-corrected chi connectivity index (χ4v) is 8.20. The van der Waals surface area contributed by atoms with E-state index in [-0.39, 0.29) is 51.7 Å². The monoisotopic (exact) mass is 860 g/mol. The summed E-state index contributed by atoms with van der Waals surface area (Å²) in [4.78, 5) is 28.0. The number of fused-ring (bicyclic) bond motifs is 5. The SMILES string of the molecule is Nc1cc2c(Nc3ccc(F)c(Cl)c3)ncnc2cc1OC1CC2CCC(C1)O2.O=[N+]([O-])c1ccc(Nc2ccc(F)c(Cl)c2)ncnccc1OC1CC2CCC(C1)O2. The number of benzene rings is 3. The van der Waals surface area contributed by atoms with Gasteiger partial charge in [-0.2, -0.15) is 0 Å². The summed E-state index contributed by atoms with van der Waals surface area (Å²) in [6.45, 7) is 0. The number of ether oxygens (including phenoxy) is 4. The maximum atomic E-state index is 13.4. The molecule has 18 heteroatoms. The van der Waals surface area contributed by atoms with E-state index in [0.717, 1.165) is 43.9 Å². The topological polar surface area (TPSA) is 182 Å². The normalized spacial score (nSPS) is 22.5. The summed E-state index contributed by atoms with van der Waals surface area (Å²) < 4.78 is 50.7. The molecule has 0 amide bonds. The minimum absolute atomic E-state index is 0.0361. The van der Waals surface area contributed by atoms with Crippen molar-refractivity contribution in [3.05, 3.63) is 117 Å². The molecule has 6 heterocycles. The van der Waals surface area contributed by atoms with Crippen molar-refractivity contribution >= 4 is 68.5 Å². The summed E-state index contributed by atoms with van der Waals surface area (Å²) in [6, 6.07) is 16.3. The van der Waals surface area contributed by atoms with Gasteiger partial charge in [0, 0.05) is 66.8 Å². The largest absolute Gasteiger partial charge is 0.488 e. The van der Waals surface area contributed by atoms with Crippen LogP contribution < -0.4 is 25.8 Å². The van der Waals surface area contributed by atoms with Crippen LogP contribution in [0.2, 0.25) is 10.0 Å². The number of nitrogens with zero attached hydrogens (tertiary/aromatic N) is 5. The first-order valence-electron chi connectivity index (χ1n) is 19.5. The van der Waals surface area contributed by atoms with Crippen molar-refractivity contribution < 1.29 is 32.7 Å². The van der Waals surface area contributed by atoms with Gasteiger partial charge in [0.2, 0.25) is 0 Å². The Kier molecular flexibility index (Phi) is 12.5. The molecular formula is C42H40Cl2F2N8O6. The summed E-state index contributed by atoms with van der Waals surface area (Å²) >= 11 is 11.7. The van der Waals surface area contributed by atoms with Crippen molar-refractivity contribution in [1.29, 1.82) is 0 Å². The van der Waals surface area contributed by atoms with Crippen molar-refractivity contribution in [2.75, 3.05) is 16.4 Å².